The number of nitrogens with zero attached hydrogens (tertiary/aromatic N) is 1. The van der Waals surface area contributed by atoms with Crippen LogP contribution in [0.3, 0.4) is 0 Å². The summed E-state index contributed by atoms with van der Waals surface area (Å²) in [5, 5.41) is 2.78. The van der Waals surface area contributed by atoms with Crippen molar-refractivity contribution >= 4 is 27.7 Å². The average molecular weight is 311 g/mol. The van der Waals surface area contributed by atoms with Crippen molar-refractivity contribution in [3.63, 3.8) is 0 Å². The van der Waals surface area contributed by atoms with Gasteiger partial charge in [0.25, 0.3) is 5.91 Å². The SMILES string of the molecule is Cc1cccc(C(=O)NC2CCN(C)C2=O)c1Br. The number of rotatable bonds is 2. The second-order valence-corrected chi connectivity index (χ2v) is 5.30. The van der Waals surface area contributed by atoms with E-state index >= 15 is 0 Å². The van der Waals surface area contributed by atoms with Crippen molar-refractivity contribution in [2.45, 2.75) is 19.4 Å². The highest BCUT2D eigenvalue weighted by atomic mass is 79.9. The van der Waals surface area contributed by atoms with Gasteiger partial charge in [0.1, 0.15) is 6.04 Å². The number of halogens is 1. The Morgan fingerprint density at radius 1 is 1.50 bits per heavy atom. The van der Waals surface area contributed by atoms with Crippen LogP contribution in [0.5, 0.6) is 0 Å². The number of likely N-dealkylation sites (N-methyl/N-ethyl adjacent to an activating group) is 1. The molecule has 0 aliphatic carbocycles. The molecule has 0 saturated carbocycles. The molecule has 96 valence electrons. The van der Waals surface area contributed by atoms with Crippen LogP contribution in [0.2, 0.25) is 0 Å². The summed E-state index contributed by atoms with van der Waals surface area (Å²) in [6.45, 7) is 2.62. The van der Waals surface area contributed by atoms with Gasteiger partial charge in [-0.05, 0) is 40.9 Å². The van der Waals surface area contributed by atoms with E-state index in [2.05, 4.69) is 21.2 Å². The number of hydrogen-bond donors (Lipinski definition) is 1. The quantitative estimate of drug-likeness (QED) is 0.904. The van der Waals surface area contributed by atoms with Gasteiger partial charge in [-0.1, -0.05) is 12.1 Å². The molecule has 4 nitrogen and oxygen atoms in total. The number of hydrogen-bond acceptors (Lipinski definition) is 2. The van der Waals surface area contributed by atoms with E-state index in [0.717, 1.165) is 10.0 Å². The molecule has 18 heavy (non-hydrogen) atoms. The Morgan fingerprint density at radius 2 is 2.22 bits per heavy atom. The molecule has 1 saturated heterocycles. The number of carbonyl (C=O) groups excluding carboxylic acids is 2. The normalized spacial score (nSPS) is 19.2. The Balaban J connectivity index is 2.13. The van der Waals surface area contributed by atoms with Crippen molar-refractivity contribution in [2.75, 3.05) is 13.6 Å². The average Bonchev–Trinajstić information content (AvgIpc) is 2.64. The fourth-order valence-electron chi connectivity index (χ4n) is 2.02. The lowest BCUT2D eigenvalue weighted by Crippen LogP contribution is -2.40. The lowest BCUT2D eigenvalue weighted by molar-refractivity contribution is -0.128. The van der Waals surface area contributed by atoms with Gasteiger partial charge in [-0.3, -0.25) is 9.59 Å². The predicted molar refractivity (Wildman–Crippen MR) is 72.4 cm³/mol. The number of carbonyl (C=O) groups is 2. The van der Waals surface area contributed by atoms with Crippen molar-refractivity contribution in [3.8, 4) is 0 Å². The standard InChI is InChI=1S/C13H15BrN2O2/c1-8-4-3-5-9(11(8)14)12(17)15-10-6-7-16(2)13(10)18/h3-5,10H,6-7H2,1-2H3,(H,15,17). The van der Waals surface area contributed by atoms with Crippen LogP contribution in [-0.2, 0) is 4.79 Å². The minimum atomic E-state index is -0.394. The molecule has 1 N–H and O–H groups in total. The Labute approximate surface area is 114 Å². The van der Waals surface area contributed by atoms with Crippen LogP contribution in [0.25, 0.3) is 0 Å². The first-order valence-corrected chi connectivity index (χ1v) is 6.61. The molecular formula is C13H15BrN2O2. The monoisotopic (exact) mass is 310 g/mol. The topological polar surface area (TPSA) is 49.4 Å². The van der Waals surface area contributed by atoms with Gasteiger partial charge in [0, 0.05) is 18.1 Å². The maximum Gasteiger partial charge on any atom is 0.253 e. The molecule has 1 fully saturated rings. The lowest BCUT2D eigenvalue weighted by Gasteiger charge is -2.13. The number of benzene rings is 1. The van der Waals surface area contributed by atoms with Crippen LogP contribution in [-0.4, -0.2) is 36.3 Å². The molecule has 1 aromatic carbocycles. The summed E-state index contributed by atoms with van der Waals surface area (Å²) in [5.41, 5.74) is 1.56. The molecule has 1 aliphatic heterocycles. The summed E-state index contributed by atoms with van der Waals surface area (Å²) in [7, 11) is 1.75. The third-order valence-corrected chi connectivity index (χ3v) is 4.22. The molecule has 1 aromatic rings. The molecule has 1 unspecified atom stereocenters. The van der Waals surface area contributed by atoms with Crippen molar-refractivity contribution < 1.29 is 9.59 Å². The highest BCUT2D eigenvalue weighted by Gasteiger charge is 2.30. The molecule has 0 bridgehead atoms. The van der Waals surface area contributed by atoms with Gasteiger partial charge in [0.2, 0.25) is 5.91 Å². The predicted octanol–water partition coefficient (Wildman–Crippen LogP) is 1.72. The van der Waals surface area contributed by atoms with Gasteiger partial charge >= 0.3 is 0 Å². The van der Waals surface area contributed by atoms with E-state index in [1.807, 2.05) is 19.1 Å². The van der Waals surface area contributed by atoms with Gasteiger partial charge in [-0.15, -0.1) is 0 Å². The Hall–Kier alpha value is -1.36. The van der Waals surface area contributed by atoms with E-state index in [-0.39, 0.29) is 11.8 Å². The van der Waals surface area contributed by atoms with Crippen LogP contribution in [0.1, 0.15) is 22.3 Å². The molecule has 0 radical (unpaired) electrons. The van der Waals surface area contributed by atoms with E-state index in [1.54, 1.807) is 18.0 Å². The second-order valence-electron chi connectivity index (χ2n) is 4.51. The van der Waals surface area contributed by atoms with Crippen LogP contribution < -0.4 is 5.32 Å². The fourth-order valence-corrected chi connectivity index (χ4v) is 2.46. The number of nitrogens with one attached hydrogen (secondary N) is 1. The van der Waals surface area contributed by atoms with Gasteiger partial charge in [0.05, 0.1) is 5.56 Å². The minimum Gasteiger partial charge on any atom is -0.344 e. The van der Waals surface area contributed by atoms with Crippen molar-refractivity contribution in [3.05, 3.63) is 33.8 Å². The first-order valence-electron chi connectivity index (χ1n) is 5.81. The maximum atomic E-state index is 12.1. The number of aryl methyl sites for hydroxylation is 1. The van der Waals surface area contributed by atoms with Crippen LogP contribution in [0.4, 0.5) is 0 Å². The fraction of sp³-hybridized carbons (Fsp3) is 0.385. The Morgan fingerprint density at radius 3 is 2.83 bits per heavy atom. The molecule has 1 atom stereocenters. The zero-order chi connectivity index (χ0) is 13.3. The van der Waals surface area contributed by atoms with E-state index in [0.29, 0.717) is 18.5 Å². The van der Waals surface area contributed by atoms with Gasteiger partial charge in [-0.25, -0.2) is 0 Å². The molecule has 2 amide bonds. The smallest absolute Gasteiger partial charge is 0.253 e. The Kier molecular flexibility index (Phi) is 3.71. The van der Waals surface area contributed by atoms with Crippen LogP contribution in [0.15, 0.2) is 22.7 Å². The summed E-state index contributed by atoms with van der Waals surface area (Å²) in [5.74, 6) is -0.230. The zero-order valence-electron chi connectivity index (χ0n) is 10.4. The maximum absolute atomic E-state index is 12.1. The highest BCUT2D eigenvalue weighted by molar-refractivity contribution is 9.10. The zero-order valence-corrected chi connectivity index (χ0v) is 12.0. The third-order valence-electron chi connectivity index (χ3n) is 3.17. The summed E-state index contributed by atoms with van der Waals surface area (Å²) in [6.07, 6.45) is 0.671. The summed E-state index contributed by atoms with van der Waals surface area (Å²) < 4.78 is 0.779. The molecular weight excluding hydrogens is 296 g/mol. The first kappa shape index (κ1) is 13.1. The first-order chi connectivity index (χ1) is 8.50. The van der Waals surface area contributed by atoms with Crippen molar-refractivity contribution in [2.24, 2.45) is 0 Å². The van der Waals surface area contributed by atoms with E-state index < -0.39 is 6.04 Å². The van der Waals surface area contributed by atoms with Crippen LogP contribution in [0, 0.1) is 6.92 Å². The summed E-state index contributed by atoms with van der Waals surface area (Å²) in [6, 6.07) is 5.11. The van der Waals surface area contributed by atoms with E-state index in [1.165, 1.54) is 0 Å². The largest absolute Gasteiger partial charge is 0.344 e. The van der Waals surface area contributed by atoms with Gasteiger partial charge in [-0.2, -0.15) is 0 Å². The lowest BCUT2D eigenvalue weighted by atomic mass is 10.1. The molecule has 5 heteroatoms. The van der Waals surface area contributed by atoms with Gasteiger partial charge in [0.15, 0.2) is 0 Å². The van der Waals surface area contributed by atoms with Crippen LogP contribution >= 0.6 is 15.9 Å². The van der Waals surface area contributed by atoms with Gasteiger partial charge < -0.3 is 10.2 Å². The van der Waals surface area contributed by atoms with E-state index in [4.69, 9.17) is 0 Å². The summed E-state index contributed by atoms with van der Waals surface area (Å²) in [4.78, 5) is 25.5. The molecule has 1 aliphatic rings. The summed E-state index contributed by atoms with van der Waals surface area (Å²) >= 11 is 3.40. The molecule has 0 aromatic heterocycles. The minimum absolute atomic E-state index is 0.0212. The van der Waals surface area contributed by atoms with Crippen molar-refractivity contribution in [1.82, 2.24) is 10.2 Å². The third kappa shape index (κ3) is 2.41. The Bertz CT molecular complexity index is 502. The second kappa shape index (κ2) is 5.10. The number of likely N-dealkylation sites (tertiary alicyclic amines) is 1. The number of amides is 2. The highest BCUT2D eigenvalue weighted by Crippen LogP contribution is 2.21. The van der Waals surface area contributed by atoms with Crippen molar-refractivity contribution in [1.29, 1.82) is 0 Å². The molecule has 1 heterocycles. The molecule has 0 spiro atoms. The molecule has 2 rings (SSSR count). The van der Waals surface area contributed by atoms with E-state index in [9.17, 15) is 9.59 Å².